The highest BCUT2D eigenvalue weighted by atomic mass is 35.5. The third kappa shape index (κ3) is 5.30. The summed E-state index contributed by atoms with van der Waals surface area (Å²) in [5.74, 6) is 0. The van der Waals surface area contributed by atoms with Crippen molar-refractivity contribution in [2.24, 2.45) is 5.41 Å². The molecule has 0 aromatic carbocycles. The van der Waals surface area contributed by atoms with Gasteiger partial charge in [0.2, 0.25) is 10.0 Å². The van der Waals surface area contributed by atoms with E-state index in [1.807, 2.05) is 6.92 Å². The highest BCUT2D eigenvalue weighted by Gasteiger charge is 2.33. The first-order valence-corrected chi connectivity index (χ1v) is 8.34. The molecule has 1 saturated heterocycles. The summed E-state index contributed by atoms with van der Waals surface area (Å²) in [6, 6.07) is 1.59. The fraction of sp³-hybridized carbons (Fsp3) is 0.615. The lowest BCUT2D eigenvalue weighted by atomic mass is 9.81. The number of pyridine rings is 1. The lowest BCUT2D eigenvalue weighted by molar-refractivity contribution is -0.141. The zero-order valence-corrected chi connectivity index (χ0v) is 14.1. The van der Waals surface area contributed by atoms with E-state index in [2.05, 4.69) is 15.0 Å². The van der Waals surface area contributed by atoms with Crippen LogP contribution in [0.25, 0.3) is 0 Å². The van der Waals surface area contributed by atoms with Crippen molar-refractivity contribution < 1.29 is 21.6 Å². The summed E-state index contributed by atoms with van der Waals surface area (Å²) in [7, 11) is -3.86. The molecule has 0 radical (unpaired) electrons. The number of aromatic nitrogens is 1. The van der Waals surface area contributed by atoms with Crippen molar-refractivity contribution in [1.29, 1.82) is 0 Å². The summed E-state index contributed by atoms with van der Waals surface area (Å²) in [5, 5.41) is 3.20. The molecule has 0 aliphatic carbocycles. The van der Waals surface area contributed by atoms with Gasteiger partial charge in [-0.25, -0.2) is 13.1 Å². The first-order valence-electron chi connectivity index (χ1n) is 6.86. The Morgan fingerprint density at radius 1 is 1.30 bits per heavy atom. The zero-order chi connectivity index (χ0) is 16.4. The fourth-order valence-corrected chi connectivity index (χ4v) is 3.41. The standard InChI is InChI=1S/C13H18F3N3O2S.ClH/c1-12(4-6-17-7-5-12)9-19-22(20,21)10-2-3-11(18-8-10)13(14,15)16;/h2-3,8,17,19H,4-7,9H2,1H3;1H. The summed E-state index contributed by atoms with van der Waals surface area (Å²) in [5.41, 5.74) is -1.27. The van der Waals surface area contributed by atoms with Gasteiger partial charge in [0.1, 0.15) is 10.6 Å². The highest BCUT2D eigenvalue weighted by molar-refractivity contribution is 7.89. The van der Waals surface area contributed by atoms with Gasteiger partial charge < -0.3 is 5.32 Å². The number of halogens is 4. The minimum absolute atomic E-state index is 0. The van der Waals surface area contributed by atoms with Gasteiger partial charge in [0.05, 0.1) is 0 Å². The third-order valence-corrected chi connectivity index (χ3v) is 5.22. The molecule has 2 heterocycles. The molecule has 2 N–H and O–H groups in total. The number of nitrogens with zero attached hydrogens (tertiary/aromatic N) is 1. The predicted molar refractivity (Wildman–Crippen MR) is 81.9 cm³/mol. The van der Waals surface area contributed by atoms with Gasteiger partial charge in [-0.15, -0.1) is 12.4 Å². The SMILES string of the molecule is CC1(CNS(=O)(=O)c2ccc(C(F)(F)F)nc2)CCNCC1.Cl. The van der Waals surface area contributed by atoms with Gasteiger partial charge >= 0.3 is 6.18 Å². The van der Waals surface area contributed by atoms with Gasteiger partial charge in [-0.3, -0.25) is 4.98 Å². The average Bonchev–Trinajstić information content (AvgIpc) is 2.46. The minimum atomic E-state index is -4.59. The van der Waals surface area contributed by atoms with Crippen molar-refractivity contribution >= 4 is 22.4 Å². The van der Waals surface area contributed by atoms with Gasteiger partial charge in [0, 0.05) is 12.7 Å². The maximum absolute atomic E-state index is 12.4. The average molecular weight is 374 g/mol. The number of hydrogen-bond acceptors (Lipinski definition) is 4. The monoisotopic (exact) mass is 373 g/mol. The van der Waals surface area contributed by atoms with Crippen LogP contribution >= 0.6 is 12.4 Å². The Morgan fingerprint density at radius 2 is 1.91 bits per heavy atom. The lowest BCUT2D eigenvalue weighted by Gasteiger charge is -2.34. The largest absolute Gasteiger partial charge is 0.433 e. The van der Waals surface area contributed by atoms with Gasteiger partial charge in [0.25, 0.3) is 0 Å². The molecule has 0 unspecified atom stereocenters. The second-order valence-corrected chi connectivity index (χ2v) is 7.53. The highest BCUT2D eigenvalue weighted by Crippen LogP contribution is 2.29. The number of rotatable bonds is 4. The van der Waals surface area contributed by atoms with Crippen molar-refractivity contribution in [2.45, 2.75) is 30.8 Å². The van der Waals surface area contributed by atoms with E-state index in [-0.39, 0.29) is 29.3 Å². The summed E-state index contributed by atoms with van der Waals surface area (Å²) >= 11 is 0. The quantitative estimate of drug-likeness (QED) is 0.848. The first-order chi connectivity index (χ1) is 10.1. The molecule has 0 amide bonds. The summed E-state index contributed by atoms with van der Waals surface area (Å²) in [6.07, 6.45) is -2.18. The molecule has 10 heteroatoms. The lowest BCUT2D eigenvalue weighted by Crippen LogP contribution is -2.42. The van der Waals surface area contributed by atoms with Crippen LogP contribution in [-0.4, -0.2) is 33.0 Å². The Balaban J connectivity index is 0.00000264. The van der Waals surface area contributed by atoms with Crippen molar-refractivity contribution in [3.05, 3.63) is 24.0 Å². The second kappa shape index (κ2) is 7.33. The van der Waals surface area contributed by atoms with Crippen molar-refractivity contribution in [3.63, 3.8) is 0 Å². The first kappa shape index (κ1) is 20.1. The van der Waals surface area contributed by atoms with E-state index < -0.39 is 21.9 Å². The van der Waals surface area contributed by atoms with Crippen LogP contribution in [0.2, 0.25) is 0 Å². The predicted octanol–water partition coefficient (Wildman–Crippen LogP) is 2.19. The number of nitrogens with one attached hydrogen (secondary N) is 2. The van der Waals surface area contributed by atoms with E-state index in [1.54, 1.807) is 0 Å². The van der Waals surface area contributed by atoms with Gasteiger partial charge in [0.15, 0.2) is 0 Å². The molecule has 0 spiro atoms. The van der Waals surface area contributed by atoms with Crippen LogP contribution in [0, 0.1) is 5.41 Å². The van der Waals surface area contributed by atoms with E-state index in [4.69, 9.17) is 0 Å². The van der Waals surface area contributed by atoms with Crippen LogP contribution in [0.1, 0.15) is 25.5 Å². The molecule has 5 nitrogen and oxygen atoms in total. The Hall–Kier alpha value is -0.900. The van der Waals surface area contributed by atoms with Crippen LogP contribution in [0.4, 0.5) is 13.2 Å². The fourth-order valence-electron chi connectivity index (χ4n) is 2.27. The van der Waals surface area contributed by atoms with Gasteiger partial charge in [-0.05, 0) is 43.5 Å². The molecular formula is C13H19ClF3N3O2S. The molecule has 132 valence electrons. The topological polar surface area (TPSA) is 71.1 Å². The maximum atomic E-state index is 12.4. The molecule has 2 rings (SSSR count). The van der Waals surface area contributed by atoms with Crippen LogP contribution in [0.3, 0.4) is 0 Å². The Bertz CT molecular complexity index is 614. The molecule has 1 aromatic heterocycles. The maximum Gasteiger partial charge on any atom is 0.433 e. The molecule has 1 aromatic rings. The normalized spacial score (nSPS) is 18.3. The van der Waals surface area contributed by atoms with Crippen LogP contribution in [-0.2, 0) is 16.2 Å². The number of sulfonamides is 1. The van der Waals surface area contributed by atoms with Crippen molar-refractivity contribution in [3.8, 4) is 0 Å². The van der Waals surface area contributed by atoms with Crippen LogP contribution < -0.4 is 10.0 Å². The molecule has 0 atom stereocenters. The molecule has 0 bridgehead atoms. The van der Waals surface area contributed by atoms with Crippen LogP contribution in [0.15, 0.2) is 23.2 Å². The number of alkyl halides is 3. The molecule has 1 fully saturated rings. The van der Waals surface area contributed by atoms with Crippen LogP contribution in [0.5, 0.6) is 0 Å². The molecule has 1 aliphatic rings. The summed E-state index contributed by atoms with van der Waals surface area (Å²) in [4.78, 5) is 2.91. The Kier molecular flexibility index (Phi) is 6.42. The van der Waals surface area contributed by atoms with Gasteiger partial charge in [-0.1, -0.05) is 6.92 Å². The molecule has 0 saturated carbocycles. The van der Waals surface area contributed by atoms with E-state index >= 15 is 0 Å². The molecule has 23 heavy (non-hydrogen) atoms. The van der Waals surface area contributed by atoms with E-state index in [0.29, 0.717) is 6.07 Å². The van der Waals surface area contributed by atoms with Gasteiger partial charge in [-0.2, -0.15) is 13.2 Å². The molecular weight excluding hydrogens is 355 g/mol. The molecule has 1 aliphatic heterocycles. The van der Waals surface area contributed by atoms with E-state index in [1.165, 1.54) is 0 Å². The smallest absolute Gasteiger partial charge is 0.317 e. The third-order valence-electron chi connectivity index (χ3n) is 3.84. The van der Waals surface area contributed by atoms with E-state index in [0.717, 1.165) is 38.2 Å². The number of hydrogen-bond donors (Lipinski definition) is 2. The zero-order valence-electron chi connectivity index (χ0n) is 12.5. The number of piperidine rings is 1. The summed E-state index contributed by atoms with van der Waals surface area (Å²) in [6.45, 7) is 3.87. The Morgan fingerprint density at radius 3 is 2.39 bits per heavy atom. The van der Waals surface area contributed by atoms with Crippen molar-refractivity contribution in [2.75, 3.05) is 19.6 Å². The summed E-state index contributed by atoms with van der Waals surface area (Å²) < 4.78 is 64.0. The van der Waals surface area contributed by atoms with E-state index in [9.17, 15) is 21.6 Å². The minimum Gasteiger partial charge on any atom is -0.317 e. The Labute approximate surface area is 139 Å². The van der Waals surface area contributed by atoms with Crippen molar-refractivity contribution in [1.82, 2.24) is 15.0 Å². The second-order valence-electron chi connectivity index (χ2n) is 5.76.